The second-order valence-corrected chi connectivity index (χ2v) is 8.14. The Bertz CT molecular complexity index is 884. The first kappa shape index (κ1) is 21.2. The minimum Gasteiger partial charge on any atom is -0.256 e. The van der Waals surface area contributed by atoms with Gasteiger partial charge in [0.05, 0.1) is 5.69 Å². The predicted octanol–water partition coefficient (Wildman–Crippen LogP) is 5.72. The summed E-state index contributed by atoms with van der Waals surface area (Å²) in [5.41, 5.74) is 5.13. The largest absolute Gasteiger partial charge is 0.256 e. The third-order valence-corrected chi connectivity index (χ3v) is 4.75. The minimum atomic E-state index is 0.516. The molecule has 0 saturated heterocycles. The van der Waals surface area contributed by atoms with Crippen molar-refractivity contribution in [3.05, 3.63) is 75.9 Å². The number of hydrogen-bond donors (Lipinski definition) is 0. The van der Waals surface area contributed by atoms with Gasteiger partial charge in [0, 0.05) is 6.20 Å². The van der Waals surface area contributed by atoms with Crippen molar-refractivity contribution in [2.75, 3.05) is 0 Å². The molecule has 27 heavy (non-hydrogen) atoms. The lowest BCUT2D eigenvalue weighted by molar-refractivity contribution is 0.697. The Morgan fingerprint density at radius 1 is 1.07 bits per heavy atom. The van der Waals surface area contributed by atoms with E-state index < -0.39 is 0 Å². The molecule has 3 rings (SSSR count). The normalized spacial score (nSPS) is 16.0. The van der Waals surface area contributed by atoms with Gasteiger partial charge in [-0.05, 0) is 78.1 Å². The molecule has 1 aromatic carbocycles. The van der Waals surface area contributed by atoms with Crippen LogP contribution in [-0.4, -0.2) is 4.98 Å². The molecule has 1 nitrogen and oxygen atoms in total. The molecule has 0 amide bonds. The van der Waals surface area contributed by atoms with Gasteiger partial charge in [-0.3, -0.25) is 4.98 Å². The Morgan fingerprint density at radius 2 is 1.78 bits per heavy atom. The van der Waals surface area contributed by atoms with Gasteiger partial charge in [-0.1, -0.05) is 70.2 Å². The summed E-state index contributed by atoms with van der Waals surface area (Å²) in [4.78, 5) is 4.77. The number of allylic oxidation sites excluding steroid dienone is 2. The van der Waals surface area contributed by atoms with Crippen molar-refractivity contribution in [2.45, 2.75) is 60.8 Å². The first-order chi connectivity index (χ1) is 12.9. The van der Waals surface area contributed by atoms with Gasteiger partial charge in [0.25, 0.3) is 0 Å². The van der Waals surface area contributed by atoms with Gasteiger partial charge in [-0.2, -0.15) is 0 Å². The fourth-order valence-electron chi connectivity index (χ4n) is 3.29. The fourth-order valence-corrected chi connectivity index (χ4v) is 3.29. The first-order valence-corrected chi connectivity index (χ1v) is 10.3. The molecule has 0 saturated carbocycles. The average Bonchev–Trinajstić information content (AvgIpc) is 2.63. The van der Waals surface area contributed by atoms with E-state index in [4.69, 9.17) is 4.98 Å². The van der Waals surface area contributed by atoms with Crippen LogP contribution in [0.25, 0.3) is 11.6 Å². The van der Waals surface area contributed by atoms with E-state index in [2.05, 4.69) is 90.1 Å². The van der Waals surface area contributed by atoms with Crippen molar-refractivity contribution in [2.24, 2.45) is 11.8 Å². The molecule has 1 aliphatic rings. The van der Waals surface area contributed by atoms with Crippen LogP contribution < -0.4 is 10.4 Å². The molecule has 1 aliphatic carbocycles. The number of aryl methyl sites for hydroxylation is 2. The van der Waals surface area contributed by atoms with E-state index in [0.717, 1.165) is 30.9 Å². The maximum atomic E-state index is 4.77. The molecule has 2 aromatic rings. The van der Waals surface area contributed by atoms with Crippen molar-refractivity contribution >= 4 is 11.6 Å². The van der Waals surface area contributed by atoms with Crippen molar-refractivity contribution in [3.8, 4) is 0 Å². The maximum absolute atomic E-state index is 4.77. The van der Waals surface area contributed by atoms with Crippen molar-refractivity contribution in [1.29, 1.82) is 0 Å². The smallest absolute Gasteiger partial charge is 0.0673 e. The highest BCUT2D eigenvalue weighted by Gasteiger charge is 2.19. The molecular weight excluding hydrogens is 326 g/mol. The number of aromatic nitrogens is 1. The molecule has 1 aromatic heterocycles. The fraction of sp³-hybridized carbons (Fsp3) is 0.423. The van der Waals surface area contributed by atoms with Crippen LogP contribution in [0.3, 0.4) is 0 Å². The topological polar surface area (TPSA) is 12.9 Å². The Labute approximate surface area is 165 Å². The van der Waals surface area contributed by atoms with Crippen LogP contribution in [0, 0.1) is 25.7 Å². The average molecular weight is 362 g/mol. The Morgan fingerprint density at radius 3 is 2.44 bits per heavy atom. The Hall–Kier alpha value is -2.15. The summed E-state index contributed by atoms with van der Waals surface area (Å²) >= 11 is 0. The number of fused-ring (bicyclic) bond motifs is 1. The number of pyridine rings is 1. The number of nitrogens with zero attached hydrogens (tertiary/aromatic N) is 1. The molecule has 0 aliphatic heterocycles. The van der Waals surface area contributed by atoms with E-state index >= 15 is 0 Å². The van der Waals surface area contributed by atoms with E-state index in [1.165, 1.54) is 27.1 Å². The van der Waals surface area contributed by atoms with Crippen LogP contribution in [0.15, 0.2) is 48.7 Å². The maximum Gasteiger partial charge on any atom is 0.0673 e. The minimum absolute atomic E-state index is 0.516. The van der Waals surface area contributed by atoms with E-state index in [1.54, 1.807) is 0 Å². The molecule has 1 heterocycles. The second kappa shape index (κ2) is 10.3. The molecule has 0 spiro atoms. The molecule has 1 atom stereocenters. The van der Waals surface area contributed by atoms with Crippen LogP contribution in [0.2, 0.25) is 0 Å². The summed E-state index contributed by atoms with van der Waals surface area (Å²) in [5.74, 6) is 1.35. The monoisotopic (exact) mass is 361 g/mol. The van der Waals surface area contributed by atoms with E-state index in [-0.39, 0.29) is 0 Å². The van der Waals surface area contributed by atoms with Gasteiger partial charge in [-0.25, -0.2) is 0 Å². The summed E-state index contributed by atoms with van der Waals surface area (Å²) < 4.78 is 0. The molecular formula is C26H35N. The third kappa shape index (κ3) is 5.92. The van der Waals surface area contributed by atoms with Crippen LogP contribution in [0.1, 0.15) is 63.8 Å². The summed E-state index contributed by atoms with van der Waals surface area (Å²) in [6.45, 7) is 13.0. The molecule has 0 bridgehead atoms. The number of hydrogen-bond acceptors (Lipinski definition) is 1. The summed E-state index contributed by atoms with van der Waals surface area (Å²) in [6.07, 6.45) is 12.3. The van der Waals surface area contributed by atoms with Crippen LogP contribution in [0.5, 0.6) is 0 Å². The SMILES string of the molecule is CC(C)C.CCC=CCC1CC=c2ccccc2=C1c1cc(C)c(C)cn1. The summed E-state index contributed by atoms with van der Waals surface area (Å²) in [7, 11) is 0. The van der Waals surface area contributed by atoms with Crippen molar-refractivity contribution in [3.63, 3.8) is 0 Å². The third-order valence-electron chi connectivity index (χ3n) is 4.75. The molecule has 1 unspecified atom stereocenters. The first-order valence-electron chi connectivity index (χ1n) is 10.3. The second-order valence-electron chi connectivity index (χ2n) is 8.14. The van der Waals surface area contributed by atoms with E-state index in [9.17, 15) is 0 Å². The molecule has 144 valence electrons. The highest BCUT2D eigenvalue weighted by molar-refractivity contribution is 5.68. The van der Waals surface area contributed by atoms with Gasteiger partial charge < -0.3 is 0 Å². The van der Waals surface area contributed by atoms with Crippen molar-refractivity contribution < 1.29 is 0 Å². The van der Waals surface area contributed by atoms with E-state index in [0.29, 0.717) is 5.92 Å². The predicted molar refractivity (Wildman–Crippen MR) is 119 cm³/mol. The number of benzene rings is 1. The van der Waals surface area contributed by atoms with Gasteiger partial charge in [-0.15, -0.1) is 0 Å². The highest BCUT2D eigenvalue weighted by Crippen LogP contribution is 2.28. The van der Waals surface area contributed by atoms with Gasteiger partial charge in [0.2, 0.25) is 0 Å². The number of rotatable bonds is 4. The Kier molecular flexibility index (Phi) is 8.03. The quantitative estimate of drug-likeness (QED) is 0.635. The molecule has 1 heteroatoms. The van der Waals surface area contributed by atoms with Crippen LogP contribution in [0.4, 0.5) is 0 Å². The Balaban J connectivity index is 0.000000596. The molecule has 0 N–H and O–H groups in total. The summed E-state index contributed by atoms with van der Waals surface area (Å²) in [5, 5.41) is 2.70. The zero-order valence-corrected chi connectivity index (χ0v) is 17.9. The lowest BCUT2D eigenvalue weighted by Crippen LogP contribution is -2.33. The van der Waals surface area contributed by atoms with Crippen LogP contribution in [-0.2, 0) is 0 Å². The lowest BCUT2D eigenvalue weighted by Gasteiger charge is -2.22. The van der Waals surface area contributed by atoms with E-state index in [1.807, 2.05) is 6.20 Å². The zero-order chi connectivity index (χ0) is 19.8. The van der Waals surface area contributed by atoms with Crippen molar-refractivity contribution in [1.82, 2.24) is 4.98 Å². The summed E-state index contributed by atoms with van der Waals surface area (Å²) in [6, 6.07) is 11.0. The zero-order valence-electron chi connectivity index (χ0n) is 17.9. The molecule has 0 radical (unpaired) electrons. The lowest BCUT2D eigenvalue weighted by atomic mass is 9.83. The van der Waals surface area contributed by atoms with Crippen LogP contribution >= 0.6 is 0 Å². The molecule has 0 fully saturated rings. The highest BCUT2D eigenvalue weighted by atomic mass is 14.7. The van der Waals surface area contributed by atoms with Gasteiger partial charge in [0.1, 0.15) is 0 Å². The standard InChI is InChI=1S/C22H25N.C4H10/c1-4-5-6-10-19-13-12-18-9-7-8-11-20(18)22(19)21-14-16(2)17(3)15-23-21;1-4(2)3/h5-9,11-12,14-15,19H,4,10,13H2,1-3H3;4H,1-3H3. The van der Waals surface area contributed by atoms with Gasteiger partial charge >= 0.3 is 0 Å². The van der Waals surface area contributed by atoms with Gasteiger partial charge in [0.15, 0.2) is 0 Å².